The Hall–Kier alpha value is -2.23. The van der Waals surface area contributed by atoms with E-state index < -0.39 is 0 Å². The summed E-state index contributed by atoms with van der Waals surface area (Å²) in [7, 11) is 0. The lowest BCUT2D eigenvalue weighted by atomic mass is 10.1. The van der Waals surface area contributed by atoms with Gasteiger partial charge in [0.05, 0.1) is 6.20 Å². The summed E-state index contributed by atoms with van der Waals surface area (Å²) < 4.78 is 18.3. The molecular formula is C14H11FN2O. The number of aliphatic imine (C=N–C) groups is 1. The van der Waals surface area contributed by atoms with Crippen LogP contribution in [0.1, 0.15) is 17.3 Å². The summed E-state index contributed by atoms with van der Waals surface area (Å²) in [6.45, 7) is 0.498. The van der Waals surface area contributed by atoms with Gasteiger partial charge in [-0.2, -0.15) is 0 Å². The van der Waals surface area contributed by atoms with Crippen LogP contribution >= 0.6 is 0 Å². The first-order valence-electron chi connectivity index (χ1n) is 5.70. The maximum atomic E-state index is 12.8. The van der Waals surface area contributed by atoms with Crippen molar-refractivity contribution in [1.29, 1.82) is 0 Å². The number of nitrogens with zero attached hydrogens (tertiary/aromatic N) is 2. The smallest absolute Gasteiger partial charge is 0.236 e. The Kier molecular flexibility index (Phi) is 2.76. The fraction of sp³-hybridized carbons (Fsp3) is 0.143. The molecule has 0 aliphatic carbocycles. The highest BCUT2D eigenvalue weighted by Crippen LogP contribution is 2.24. The molecule has 0 fully saturated rings. The molecule has 0 bridgehead atoms. The van der Waals surface area contributed by atoms with E-state index in [0.29, 0.717) is 18.2 Å². The van der Waals surface area contributed by atoms with Gasteiger partial charge in [-0.25, -0.2) is 14.4 Å². The van der Waals surface area contributed by atoms with Crippen LogP contribution in [0.2, 0.25) is 0 Å². The predicted octanol–water partition coefficient (Wildman–Crippen LogP) is 2.74. The van der Waals surface area contributed by atoms with E-state index in [1.807, 2.05) is 30.3 Å². The normalized spacial score (nSPS) is 18.3. The van der Waals surface area contributed by atoms with Crippen molar-refractivity contribution in [2.45, 2.75) is 6.04 Å². The summed E-state index contributed by atoms with van der Waals surface area (Å²) >= 11 is 0. The van der Waals surface area contributed by atoms with Crippen LogP contribution in [0.15, 0.2) is 53.7 Å². The molecule has 0 unspecified atom stereocenters. The summed E-state index contributed by atoms with van der Waals surface area (Å²) in [6.07, 6.45) is 1.16. The number of aromatic nitrogens is 1. The van der Waals surface area contributed by atoms with Crippen LogP contribution in [0.5, 0.6) is 0 Å². The number of pyridine rings is 1. The lowest BCUT2D eigenvalue weighted by molar-refractivity contribution is 0.319. The zero-order valence-corrected chi connectivity index (χ0v) is 9.58. The lowest BCUT2D eigenvalue weighted by Gasteiger charge is -2.03. The third-order valence-corrected chi connectivity index (χ3v) is 2.78. The molecule has 0 saturated carbocycles. The van der Waals surface area contributed by atoms with Gasteiger partial charge in [0.2, 0.25) is 5.90 Å². The lowest BCUT2D eigenvalue weighted by Crippen LogP contribution is -2.03. The van der Waals surface area contributed by atoms with Gasteiger partial charge in [-0.15, -0.1) is 0 Å². The Morgan fingerprint density at radius 1 is 1.11 bits per heavy atom. The SMILES string of the molecule is Fc1ccc(C2=N[C@H](c3ccccc3)CO2)nc1. The molecule has 1 aromatic heterocycles. The van der Waals surface area contributed by atoms with Crippen molar-refractivity contribution in [1.82, 2.24) is 4.98 Å². The maximum absolute atomic E-state index is 12.8. The highest BCUT2D eigenvalue weighted by Gasteiger charge is 2.22. The summed E-state index contributed by atoms with van der Waals surface area (Å²) in [5, 5.41) is 0. The maximum Gasteiger partial charge on any atom is 0.236 e. The van der Waals surface area contributed by atoms with E-state index in [-0.39, 0.29) is 11.9 Å². The van der Waals surface area contributed by atoms with E-state index in [1.54, 1.807) is 6.07 Å². The predicted molar refractivity (Wildman–Crippen MR) is 65.9 cm³/mol. The highest BCUT2D eigenvalue weighted by molar-refractivity contribution is 5.93. The third-order valence-electron chi connectivity index (χ3n) is 2.78. The molecule has 18 heavy (non-hydrogen) atoms. The van der Waals surface area contributed by atoms with E-state index in [1.165, 1.54) is 6.07 Å². The quantitative estimate of drug-likeness (QED) is 0.811. The summed E-state index contributed by atoms with van der Waals surface area (Å²) in [5.41, 5.74) is 1.67. The second-order valence-electron chi connectivity index (χ2n) is 4.03. The minimum Gasteiger partial charge on any atom is -0.474 e. The van der Waals surface area contributed by atoms with E-state index in [9.17, 15) is 4.39 Å². The van der Waals surface area contributed by atoms with Gasteiger partial charge in [0, 0.05) is 0 Å². The highest BCUT2D eigenvalue weighted by atomic mass is 19.1. The number of ether oxygens (including phenoxy) is 1. The van der Waals surface area contributed by atoms with Crippen molar-refractivity contribution >= 4 is 5.90 Å². The molecule has 3 nitrogen and oxygen atoms in total. The molecule has 1 atom stereocenters. The standard InChI is InChI=1S/C14H11FN2O/c15-11-6-7-12(16-8-11)14-17-13(9-18-14)10-4-2-1-3-5-10/h1-8,13H,9H2/t13-/m0/s1. The fourth-order valence-electron chi connectivity index (χ4n) is 1.86. The van der Waals surface area contributed by atoms with E-state index in [0.717, 1.165) is 11.8 Å². The molecular weight excluding hydrogens is 231 g/mol. The molecule has 0 spiro atoms. The van der Waals surface area contributed by atoms with Gasteiger partial charge in [0.1, 0.15) is 24.2 Å². The molecule has 3 rings (SSSR count). The van der Waals surface area contributed by atoms with Gasteiger partial charge < -0.3 is 4.74 Å². The van der Waals surface area contributed by atoms with Crippen molar-refractivity contribution < 1.29 is 9.13 Å². The van der Waals surface area contributed by atoms with Gasteiger partial charge >= 0.3 is 0 Å². The van der Waals surface area contributed by atoms with Gasteiger partial charge in [0.25, 0.3) is 0 Å². The largest absolute Gasteiger partial charge is 0.474 e. The van der Waals surface area contributed by atoms with Gasteiger partial charge in [-0.1, -0.05) is 30.3 Å². The third kappa shape index (κ3) is 2.09. The van der Waals surface area contributed by atoms with Gasteiger partial charge in [-0.3, -0.25) is 0 Å². The Bertz CT molecular complexity index is 566. The minimum atomic E-state index is -0.364. The van der Waals surface area contributed by atoms with Crippen LogP contribution < -0.4 is 0 Å². The van der Waals surface area contributed by atoms with Crippen LogP contribution in [-0.4, -0.2) is 17.5 Å². The van der Waals surface area contributed by atoms with Crippen LogP contribution in [0.3, 0.4) is 0 Å². The summed E-state index contributed by atoms with van der Waals surface area (Å²) in [5.74, 6) is 0.112. The second kappa shape index (κ2) is 4.56. The molecule has 1 aromatic carbocycles. The van der Waals surface area contributed by atoms with Crippen LogP contribution in [0.25, 0.3) is 0 Å². The van der Waals surface area contributed by atoms with Crippen molar-refractivity contribution in [3.05, 3.63) is 65.7 Å². The molecule has 2 aromatic rings. The van der Waals surface area contributed by atoms with Gasteiger partial charge in [0.15, 0.2) is 0 Å². The Morgan fingerprint density at radius 3 is 2.67 bits per heavy atom. The Morgan fingerprint density at radius 2 is 1.94 bits per heavy atom. The monoisotopic (exact) mass is 242 g/mol. The molecule has 2 heterocycles. The second-order valence-corrected chi connectivity index (χ2v) is 4.03. The molecule has 90 valence electrons. The van der Waals surface area contributed by atoms with Crippen molar-refractivity contribution in [3.63, 3.8) is 0 Å². The van der Waals surface area contributed by atoms with Crippen LogP contribution in [-0.2, 0) is 4.74 Å². The van der Waals surface area contributed by atoms with E-state index in [4.69, 9.17) is 4.74 Å². The zero-order valence-electron chi connectivity index (χ0n) is 9.58. The minimum absolute atomic E-state index is 0.00643. The number of hydrogen-bond donors (Lipinski definition) is 0. The van der Waals surface area contributed by atoms with Crippen LogP contribution in [0.4, 0.5) is 4.39 Å². The molecule has 0 N–H and O–H groups in total. The first-order chi connectivity index (χ1) is 8.83. The van der Waals surface area contributed by atoms with E-state index in [2.05, 4.69) is 9.98 Å². The number of halogens is 1. The molecule has 0 saturated heterocycles. The molecule has 0 radical (unpaired) electrons. The molecule has 1 aliphatic heterocycles. The van der Waals surface area contributed by atoms with Crippen molar-refractivity contribution in [2.24, 2.45) is 4.99 Å². The molecule has 0 amide bonds. The zero-order chi connectivity index (χ0) is 12.4. The van der Waals surface area contributed by atoms with Crippen molar-refractivity contribution in [2.75, 3.05) is 6.61 Å². The van der Waals surface area contributed by atoms with Crippen molar-refractivity contribution in [3.8, 4) is 0 Å². The van der Waals surface area contributed by atoms with E-state index >= 15 is 0 Å². The summed E-state index contributed by atoms with van der Waals surface area (Å²) in [6, 6.07) is 12.8. The Labute approximate surface area is 104 Å². The number of benzene rings is 1. The first kappa shape index (κ1) is 10.9. The average Bonchev–Trinajstić information content (AvgIpc) is 2.90. The Balaban J connectivity index is 1.86. The first-order valence-corrected chi connectivity index (χ1v) is 5.70. The van der Waals surface area contributed by atoms with Crippen LogP contribution in [0, 0.1) is 5.82 Å². The number of rotatable bonds is 2. The number of hydrogen-bond acceptors (Lipinski definition) is 3. The average molecular weight is 242 g/mol. The van der Waals surface area contributed by atoms with Gasteiger partial charge in [-0.05, 0) is 17.7 Å². The topological polar surface area (TPSA) is 34.5 Å². The molecule has 1 aliphatic rings. The fourth-order valence-corrected chi connectivity index (χ4v) is 1.86. The molecule has 4 heteroatoms. The summed E-state index contributed by atoms with van der Waals surface area (Å²) in [4.78, 5) is 8.43.